The van der Waals surface area contributed by atoms with Gasteiger partial charge in [-0.15, -0.1) is 0 Å². The van der Waals surface area contributed by atoms with Crippen molar-refractivity contribution in [2.45, 2.75) is 122 Å². The molecule has 0 aliphatic heterocycles. The van der Waals surface area contributed by atoms with Crippen LogP contribution in [-0.4, -0.2) is 81.2 Å². The molecule has 11 heteroatoms. The minimum absolute atomic E-state index is 0.0645. The number of hydrogen-bond donors (Lipinski definition) is 1. The number of hydrogen-bond acceptors (Lipinski definition) is 9. The van der Waals surface area contributed by atoms with Gasteiger partial charge in [0.25, 0.3) is 7.82 Å². The van der Waals surface area contributed by atoms with Gasteiger partial charge in [0.2, 0.25) is 0 Å². The molecule has 0 rings (SSSR count). The Morgan fingerprint density at radius 2 is 1.15 bits per heavy atom. The predicted octanol–water partition coefficient (Wildman–Crippen LogP) is 10.5. The molecular weight excluding hydrogens is 766 g/mol. The number of aliphatic hydroxyl groups excluding tert-OH is 1. The van der Waals surface area contributed by atoms with E-state index in [0.29, 0.717) is 30.3 Å². The van der Waals surface area contributed by atoms with Crippen LogP contribution in [0.2, 0.25) is 0 Å². The number of esters is 2. The molecule has 0 aromatic carbocycles. The van der Waals surface area contributed by atoms with Crippen molar-refractivity contribution in [2.75, 3.05) is 47.5 Å². The molecule has 0 radical (unpaired) electrons. The second-order valence-corrected chi connectivity index (χ2v) is 16.2. The van der Waals surface area contributed by atoms with Gasteiger partial charge in [-0.05, 0) is 83.5 Å². The number of phosphoric acid groups is 1. The maximum atomic E-state index is 12.6. The van der Waals surface area contributed by atoms with Crippen LogP contribution in [0.25, 0.3) is 0 Å². The number of ether oxygens (including phenoxy) is 2. The Morgan fingerprint density at radius 3 is 1.73 bits per heavy atom. The van der Waals surface area contributed by atoms with Gasteiger partial charge in [-0.2, -0.15) is 0 Å². The molecule has 0 saturated heterocycles. The highest BCUT2D eigenvalue weighted by molar-refractivity contribution is 7.45. The molecule has 0 aliphatic carbocycles. The van der Waals surface area contributed by atoms with E-state index in [1.807, 2.05) is 63.7 Å². The van der Waals surface area contributed by atoms with Gasteiger partial charge in [-0.25, -0.2) is 0 Å². The number of allylic oxidation sites excluding steroid dienone is 18. The lowest BCUT2D eigenvalue weighted by molar-refractivity contribution is -0.870. The minimum Gasteiger partial charge on any atom is -0.756 e. The maximum absolute atomic E-state index is 12.6. The number of quaternary nitrogens is 1. The standard InChI is InChI=1S/C48H76NO9P/c1-6-8-10-11-12-13-14-15-16-19-23-26-29-32-36-40-48(52)58-46(44-57-59(53,54)56-42-41-49(3,4)5)43-55-47(51)39-35-31-28-25-22-20-17-18-21-24-27-30-34-38-45(50)37-33-9-7-2/h8-10,12-13,15-16,18,20-23,26-28,30-31,33-34,38,45-46,50H,6-7,11,14,17,19,24-25,29,32,35-37,39-44H2,1-5H3/b10-8-,13-12-,16-15-,21-18-,22-20-,26-23-,30-27+,31-28-,33-9-,38-34+/t45?,46-/m1/s1. The number of unbranched alkanes of at least 4 members (excludes halogenated alkanes) is 2. The van der Waals surface area contributed by atoms with Crippen LogP contribution in [0.1, 0.15) is 110 Å². The summed E-state index contributed by atoms with van der Waals surface area (Å²) < 4.78 is 33.7. The molecule has 0 fully saturated rings. The van der Waals surface area contributed by atoms with E-state index in [1.165, 1.54) is 0 Å². The van der Waals surface area contributed by atoms with Crippen molar-refractivity contribution >= 4 is 19.8 Å². The number of carbonyl (C=O) groups is 2. The Bertz CT molecular complexity index is 1430. The topological polar surface area (TPSA) is 131 Å². The van der Waals surface area contributed by atoms with E-state index < -0.39 is 38.6 Å². The molecule has 0 aromatic heterocycles. The van der Waals surface area contributed by atoms with Crippen LogP contribution in [0.15, 0.2) is 122 Å². The molecule has 3 atom stereocenters. The number of rotatable bonds is 36. The van der Waals surface area contributed by atoms with E-state index in [2.05, 4.69) is 86.8 Å². The Labute approximate surface area is 357 Å². The molecule has 332 valence electrons. The third kappa shape index (κ3) is 42.3. The quantitative estimate of drug-likeness (QED) is 0.0164. The van der Waals surface area contributed by atoms with Crippen LogP contribution in [0, 0.1) is 0 Å². The lowest BCUT2D eigenvalue weighted by Gasteiger charge is -2.28. The van der Waals surface area contributed by atoms with Crippen LogP contribution >= 0.6 is 7.82 Å². The van der Waals surface area contributed by atoms with Crippen LogP contribution in [0.3, 0.4) is 0 Å². The molecule has 0 aliphatic rings. The van der Waals surface area contributed by atoms with Crippen molar-refractivity contribution in [2.24, 2.45) is 0 Å². The molecule has 1 N–H and O–H groups in total. The van der Waals surface area contributed by atoms with Crippen molar-refractivity contribution in [3.05, 3.63) is 122 Å². The SMILES string of the molecule is CC/C=C\C/C=C\C/C=C\C/C=C\CCCCC(=O)O[C@H](COC(=O)CC/C=C\C/C=C\C/C=C\C/C=C/C=C/C(O)C/C=C\CC)COP(=O)([O-])OCC[N+](C)(C)C. The predicted molar refractivity (Wildman–Crippen MR) is 241 cm³/mol. The van der Waals surface area contributed by atoms with E-state index >= 15 is 0 Å². The summed E-state index contributed by atoms with van der Waals surface area (Å²) in [5, 5.41) is 9.84. The van der Waals surface area contributed by atoms with Crippen LogP contribution in [-0.2, 0) is 32.7 Å². The Kier molecular flexibility index (Phi) is 36.2. The number of aliphatic hydroxyl groups is 1. The summed E-state index contributed by atoms with van der Waals surface area (Å²) in [7, 11) is 1.05. The smallest absolute Gasteiger partial charge is 0.306 e. The molecule has 10 nitrogen and oxygen atoms in total. The molecule has 2 unspecified atom stereocenters. The number of carbonyl (C=O) groups excluding carboxylic acids is 2. The summed E-state index contributed by atoms with van der Waals surface area (Å²) in [5.74, 6) is -1.02. The maximum Gasteiger partial charge on any atom is 0.306 e. The number of likely N-dealkylation sites (N-methyl/N-ethyl adjacent to an activating group) is 1. The lowest BCUT2D eigenvalue weighted by atomic mass is 10.2. The highest BCUT2D eigenvalue weighted by atomic mass is 31.2. The van der Waals surface area contributed by atoms with Crippen molar-refractivity contribution < 1.29 is 47.2 Å². The Balaban J connectivity index is 4.63. The van der Waals surface area contributed by atoms with Crippen molar-refractivity contribution in [1.82, 2.24) is 0 Å². The fourth-order valence-corrected chi connectivity index (χ4v) is 5.48. The van der Waals surface area contributed by atoms with Gasteiger partial charge in [-0.1, -0.05) is 135 Å². The second-order valence-electron chi connectivity index (χ2n) is 14.8. The fourth-order valence-electron chi connectivity index (χ4n) is 4.75. The van der Waals surface area contributed by atoms with Gasteiger partial charge >= 0.3 is 11.9 Å². The minimum atomic E-state index is -4.67. The second kappa shape index (κ2) is 38.6. The first-order valence-corrected chi connectivity index (χ1v) is 22.8. The zero-order valence-corrected chi connectivity index (χ0v) is 37.6. The van der Waals surface area contributed by atoms with E-state index in [4.69, 9.17) is 18.5 Å². The van der Waals surface area contributed by atoms with Gasteiger partial charge in [0.1, 0.15) is 19.8 Å². The van der Waals surface area contributed by atoms with Crippen LogP contribution in [0.4, 0.5) is 0 Å². The zero-order valence-electron chi connectivity index (χ0n) is 36.7. The van der Waals surface area contributed by atoms with Crippen molar-refractivity contribution in [1.29, 1.82) is 0 Å². The molecule has 0 heterocycles. The number of nitrogens with zero attached hydrogens (tertiary/aromatic N) is 1. The third-order valence-electron chi connectivity index (χ3n) is 8.07. The monoisotopic (exact) mass is 842 g/mol. The largest absolute Gasteiger partial charge is 0.756 e. The zero-order chi connectivity index (χ0) is 43.7. The van der Waals surface area contributed by atoms with E-state index in [1.54, 1.807) is 6.08 Å². The molecule has 0 bridgehead atoms. The van der Waals surface area contributed by atoms with Crippen molar-refractivity contribution in [3.63, 3.8) is 0 Å². The van der Waals surface area contributed by atoms with E-state index in [0.717, 1.165) is 64.2 Å². The van der Waals surface area contributed by atoms with Crippen molar-refractivity contribution in [3.8, 4) is 0 Å². The lowest BCUT2D eigenvalue weighted by Crippen LogP contribution is -2.37. The van der Waals surface area contributed by atoms with Gasteiger partial charge in [0.15, 0.2) is 6.10 Å². The average Bonchev–Trinajstić information content (AvgIpc) is 3.18. The summed E-state index contributed by atoms with van der Waals surface area (Å²) in [6.07, 6.45) is 50.1. The van der Waals surface area contributed by atoms with Gasteiger partial charge in [-0.3, -0.25) is 14.2 Å². The summed E-state index contributed by atoms with van der Waals surface area (Å²) in [6.45, 7) is 3.71. The Hall–Kier alpha value is -3.63. The fraction of sp³-hybridized carbons (Fsp3) is 0.542. The van der Waals surface area contributed by atoms with Gasteiger partial charge in [0.05, 0.1) is 33.9 Å². The van der Waals surface area contributed by atoms with E-state index in [9.17, 15) is 24.2 Å². The first-order chi connectivity index (χ1) is 28.4. The number of phosphoric ester groups is 1. The normalized spacial score (nSPS) is 15.3. The molecule has 0 spiro atoms. The highest BCUT2D eigenvalue weighted by Gasteiger charge is 2.21. The van der Waals surface area contributed by atoms with E-state index in [-0.39, 0.29) is 26.1 Å². The molecular formula is C48H76NO9P. The summed E-state index contributed by atoms with van der Waals surface area (Å²) in [5.41, 5.74) is 0. The first-order valence-electron chi connectivity index (χ1n) is 21.4. The summed E-state index contributed by atoms with van der Waals surface area (Å²) in [4.78, 5) is 37.5. The molecule has 0 aromatic rings. The van der Waals surface area contributed by atoms with Gasteiger partial charge < -0.3 is 33.0 Å². The average molecular weight is 842 g/mol. The molecule has 59 heavy (non-hydrogen) atoms. The first kappa shape index (κ1) is 55.4. The summed E-state index contributed by atoms with van der Waals surface area (Å²) >= 11 is 0. The molecule has 0 amide bonds. The van der Waals surface area contributed by atoms with Gasteiger partial charge in [0, 0.05) is 12.8 Å². The Morgan fingerprint density at radius 1 is 0.627 bits per heavy atom. The third-order valence-corrected chi connectivity index (χ3v) is 9.04. The summed E-state index contributed by atoms with van der Waals surface area (Å²) in [6, 6.07) is 0. The van der Waals surface area contributed by atoms with Crippen LogP contribution < -0.4 is 4.89 Å². The van der Waals surface area contributed by atoms with Crippen LogP contribution in [0.5, 0.6) is 0 Å². The highest BCUT2D eigenvalue weighted by Crippen LogP contribution is 2.38. The molecule has 0 saturated carbocycles.